The van der Waals surface area contributed by atoms with Crippen molar-refractivity contribution in [3.8, 4) is 22.6 Å². The third-order valence-electron chi connectivity index (χ3n) is 6.53. The standard InChI is InChI=1S/C29H33NO4/c1-19(15-27(31)30-14-13-21-9-6-5-7-10-21)24-17-25-26(22-11-8-12-23(16-22)32-3)18-34-29(25)20(2)28(24)33-4/h8-9,11-12,15-18H,5-7,10,13-14H2,1-4H3,(H,30,31)/b19-15+. The van der Waals surface area contributed by atoms with Crippen molar-refractivity contribution >= 4 is 22.4 Å². The molecule has 1 aliphatic carbocycles. The Morgan fingerprint density at radius 1 is 1.18 bits per heavy atom. The second-order valence-electron chi connectivity index (χ2n) is 8.82. The SMILES string of the molecule is COc1cccc(-c2coc3c(C)c(OC)c(/C(C)=C/C(=O)NCCC4=CCCCC4)cc23)c1. The first-order chi connectivity index (χ1) is 16.5. The van der Waals surface area contributed by atoms with Gasteiger partial charge in [0.2, 0.25) is 5.91 Å². The topological polar surface area (TPSA) is 60.7 Å². The van der Waals surface area contributed by atoms with Crippen molar-refractivity contribution in [1.82, 2.24) is 5.32 Å². The Bertz CT molecular complexity index is 1250. The summed E-state index contributed by atoms with van der Waals surface area (Å²) in [5.74, 6) is 1.41. The van der Waals surface area contributed by atoms with Crippen LogP contribution in [-0.2, 0) is 4.79 Å². The van der Waals surface area contributed by atoms with Crippen LogP contribution in [0.4, 0.5) is 0 Å². The highest BCUT2D eigenvalue weighted by atomic mass is 16.5. The van der Waals surface area contributed by atoms with Crippen LogP contribution in [0.5, 0.6) is 11.5 Å². The average Bonchev–Trinajstić information content (AvgIpc) is 3.29. The van der Waals surface area contributed by atoms with Crippen molar-refractivity contribution in [1.29, 1.82) is 0 Å². The molecule has 0 unspecified atom stereocenters. The van der Waals surface area contributed by atoms with Gasteiger partial charge in [0, 0.05) is 34.7 Å². The molecule has 1 heterocycles. The van der Waals surface area contributed by atoms with E-state index in [4.69, 9.17) is 13.9 Å². The van der Waals surface area contributed by atoms with Crippen LogP contribution in [0, 0.1) is 6.92 Å². The third kappa shape index (κ3) is 5.04. The van der Waals surface area contributed by atoms with Crippen molar-refractivity contribution in [2.75, 3.05) is 20.8 Å². The Balaban J connectivity index is 1.62. The molecule has 1 aromatic heterocycles. The number of carbonyl (C=O) groups is 1. The number of fused-ring (bicyclic) bond motifs is 1. The smallest absolute Gasteiger partial charge is 0.244 e. The van der Waals surface area contributed by atoms with Crippen LogP contribution in [0.25, 0.3) is 27.7 Å². The van der Waals surface area contributed by atoms with Gasteiger partial charge in [-0.2, -0.15) is 0 Å². The molecule has 0 radical (unpaired) electrons. The molecule has 3 aromatic rings. The molecule has 0 fully saturated rings. The molecule has 0 aliphatic heterocycles. The van der Waals surface area contributed by atoms with Crippen LogP contribution in [-0.4, -0.2) is 26.7 Å². The van der Waals surface area contributed by atoms with E-state index >= 15 is 0 Å². The van der Waals surface area contributed by atoms with Gasteiger partial charge >= 0.3 is 0 Å². The van der Waals surface area contributed by atoms with Crippen LogP contribution >= 0.6 is 0 Å². The van der Waals surface area contributed by atoms with E-state index in [-0.39, 0.29) is 5.91 Å². The zero-order valence-corrected chi connectivity index (χ0v) is 20.5. The molecule has 4 rings (SSSR count). The molecule has 34 heavy (non-hydrogen) atoms. The largest absolute Gasteiger partial charge is 0.497 e. The van der Waals surface area contributed by atoms with E-state index in [0.717, 1.165) is 63.8 Å². The molecule has 0 saturated heterocycles. The summed E-state index contributed by atoms with van der Waals surface area (Å²) in [6, 6.07) is 9.95. The van der Waals surface area contributed by atoms with E-state index in [1.165, 1.54) is 18.4 Å². The fourth-order valence-electron chi connectivity index (χ4n) is 4.69. The summed E-state index contributed by atoms with van der Waals surface area (Å²) in [4.78, 5) is 12.6. The lowest BCUT2D eigenvalue weighted by atomic mass is 9.96. The molecule has 1 aliphatic rings. The molecule has 1 amide bonds. The van der Waals surface area contributed by atoms with Crippen LogP contribution in [0.15, 0.2) is 58.7 Å². The zero-order valence-electron chi connectivity index (χ0n) is 20.5. The number of amides is 1. The van der Waals surface area contributed by atoms with Gasteiger partial charge in [-0.3, -0.25) is 4.79 Å². The normalized spacial score (nSPS) is 14.1. The quantitative estimate of drug-likeness (QED) is 0.296. The van der Waals surface area contributed by atoms with E-state index in [1.807, 2.05) is 44.2 Å². The van der Waals surface area contributed by atoms with Crippen LogP contribution in [0.1, 0.15) is 50.2 Å². The maximum absolute atomic E-state index is 12.6. The summed E-state index contributed by atoms with van der Waals surface area (Å²) < 4.78 is 17.1. The first-order valence-corrected chi connectivity index (χ1v) is 11.9. The lowest BCUT2D eigenvalue weighted by Crippen LogP contribution is -2.23. The molecule has 178 valence electrons. The van der Waals surface area contributed by atoms with Gasteiger partial charge in [0.15, 0.2) is 0 Å². The van der Waals surface area contributed by atoms with Gasteiger partial charge in [0.1, 0.15) is 17.1 Å². The van der Waals surface area contributed by atoms with Gasteiger partial charge in [-0.1, -0.05) is 23.8 Å². The summed E-state index contributed by atoms with van der Waals surface area (Å²) >= 11 is 0. The number of carbonyl (C=O) groups excluding carboxylic acids is 1. The molecule has 0 saturated carbocycles. The number of furan rings is 1. The highest BCUT2D eigenvalue weighted by Crippen LogP contribution is 2.41. The molecule has 0 spiro atoms. The number of aryl methyl sites for hydroxylation is 1. The maximum atomic E-state index is 12.6. The van der Waals surface area contributed by atoms with Crippen LogP contribution < -0.4 is 14.8 Å². The number of nitrogens with one attached hydrogen (secondary N) is 1. The van der Waals surface area contributed by atoms with Gasteiger partial charge < -0.3 is 19.2 Å². The Kier molecular flexibility index (Phi) is 7.41. The number of ether oxygens (including phenoxy) is 2. The second-order valence-corrected chi connectivity index (χ2v) is 8.82. The predicted molar refractivity (Wildman–Crippen MR) is 137 cm³/mol. The van der Waals surface area contributed by atoms with Crippen molar-refractivity contribution in [3.05, 3.63) is 65.4 Å². The molecule has 5 heteroatoms. The van der Waals surface area contributed by atoms with Gasteiger partial charge in [-0.15, -0.1) is 0 Å². The molecule has 5 nitrogen and oxygen atoms in total. The monoisotopic (exact) mass is 459 g/mol. The van der Waals surface area contributed by atoms with Crippen molar-refractivity contribution < 1.29 is 18.7 Å². The fourth-order valence-corrected chi connectivity index (χ4v) is 4.69. The van der Waals surface area contributed by atoms with Crippen molar-refractivity contribution in [3.63, 3.8) is 0 Å². The van der Waals surface area contributed by atoms with Crippen molar-refractivity contribution in [2.45, 2.75) is 46.0 Å². The van der Waals surface area contributed by atoms with E-state index in [0.29, 0.717) is 12.3 Å². The Morgan fingerprint density at radius 2 is 2.03 bits per heavy atom. The van der Waals surface area contributed by atoms with Gasteiger partial charge in [0.25, 0.3) is 0 Å². The van der Waals surface area contributed by atoms with E-state index in [1.54, 1.807) is 26.6 Å². The number of allylic oxidation sites excluding steroid dienone is 2. The molecule has 0 bridgehead atoms. The number of methoxy groups -OCH3 is 2. The van der Waals surface area contributed by atoms with Gasteiger partial charge in [-0.05, 0) is 75.3 Å². The Hall–Kier alpha value is -3.47. The minimum absolute atomic E-state index is 0.0890. The summed E-state index contributed by atoms with van der Waals surface area (Å²) in [6.45, 7) is 4.58. The highest BCUT2D eigenvalue weighted by Gasteiger charge is 2.19. The van der Waals surface area contributed by atoms with Gasteiger partial charge in [-0.25, -0.2) is 0 Å². The number of rotatable bonds is 8. The molecule has 0 atom stereocenters. The summed E-state index contributed by atoms with van der Waals surface area (Å²) in [6.07, 6.45) is 11.5. The molecular formula is C29H33NO4. The number of hydrogen-bond acceptors (Lipinski definition) is 4. The molecular weight excluding hydrogens is 426 g/mol. The minimum Gasteiger partial charge on any atom is -0.497 e. The average molecular weight is 460 g/mol. The summed E-state index contributed by atoms with van der Waals surface area (Å²) in [5, 5.41) is 4.01. The predicted octanol–water partition coefficient (Wildman–Crippen LogP) is 6.84. The van der Waals surface area contributed by atoms with Gasteiger partial charge in [0.05, 0.1) is 20.5 Å². The molecule has 1 N–H and O–H groups in total. The first kappa shape index (κ1) is 23.7. The number of hydrogen-bond donors (Lipinski definition) is 1. The maximum Gasteiger partial charge on any atom is 0.244 e. The summed E-state index contributed by atoms with van der Waals surface area (Å²) in [7, 11) is 3.31. The van der Waals surface area contributed by atoms with E-state index in [2.05, 4.69) is 11.4 Å². The number of benzene rings is 2. The van der Waals surface area contributed by atoms with E-state index < -0.39 is 0 Å². The lowest BCUT2D eigenvalue weighted by Gasteiger charge is -2.14. The summed E-state index contributed by atoms with van der Waals surface area (Å²) in [5.41, 5.74) is 6.83. The van der Waals surface area contributed by atoms with E-state index in [9.17, 15) is 4.79 Å². The minimum atomic E-state index is -0.0890. The second kappa shape index (κ2) is 10.6. The lowest BCUT2D eigenvalue weighted by molar-refractivity contribution is -0.116. The Labute approximate surface area is 201 Å². The molecule has 2 aromatic carbocycles. The zero-order chi connectivity index (χ0) is 24.1. The Morgan fingerprint density at radius 3 is 2.76 bits per heavy atom. The fraction of sp³-hybridized carbons (Fsp3) is 0.345. The van der Waals surface area contributed by atoms with Crippen LogP contribution in [0.3, 0.4) is 0 Å². The highest BCUT2D eigenvalue weighted by molar-refractivity contribution is 6.01. The van der Waals surface area contributed by atoms with Crippen molar-refractivity contribution in [2.24, 2.45) is 0 Å². The first-order valence-electron chi connectivity index (χ1n) is 11.9. The third-order valence-corrected chi connectivity index (χ3v) is 6.53. The van der Waals surface area contributed by atoms with Crippen LogP contribution in [0.2, 0.25) is 0 Å².